The molecule has 1 unspecified atom stereocenters. The van der Waals surface area contributed by atoms with E-state index in [0.717, 1.165) is 5.69 Å². The second-order valence-corrected chi connectivity index (χ2v) is 6.45. The molecular weight excluding hydrogens is 320 g/mol. The molecule has 0 bridgehead atoms. The van der Waals surface area contributed by atoms with Crippen molar-refractivity contribution < 1.29 is 9.13 Å². The standard InChI is InChI=1S/C11H15BrN2O3S/c1-3-18(17)5-4-13-10-6-8(2)11(14(15)16)7-9(10)12/h6-7,13H,3-5H2,1-2H3. The fourth-order valence-electron chi connectivity index (χ4n) is 1.45. The van der Waals surface area contributed by atoms with Gasteiger partial charge in [0, 0.05) is 50.6 Å². The molecule has 5 nitrogen and oxygen atoms in total. The van der Waals surface area contributed by atoms with Crippen molar-refractivity contribution in [1.82, 2.24) is 0 Å². The predicted molar refractivity (Wildman–Crippen MR) is 77.6 cm³/mol. The van der Waals surface area contributed by atoms with Gasteiger partial charge in [0.15, 0.2) is 0 Å². The Kier molecular flexibility index (Phi) is 5.74. The molecule has 1 aromatic carbocycles. The van der Waals surface area contributed by atoms with Crippen LogP contribution in [0, 0.1) is 17.0 Å². The third-order valence-electron chi connectivity index (χ3n) is 2.45. The number of halogens is 1. The van der Waals surface area contributed by atoms with Gasteiger partial charge in [-0.1, -0.05) is 6.92 Å². The number of nitrogens with zero attached hydrogens (tertiary/aromatic N) is 1. The molecule has 0 saturated carbocycles. The number of rotatable bonds is 6. The number of aryl methyl sites for hydroxylation is 1. The van der Waals surface area contributed by atoms with Crippen LogP contribution in [0.1, 0.15) is 12.5 Å². The van der Waals surface area contributed by atoms with Crippen molar-refractivity contribution in [2.75, 3.05) is 23.4 Å². The van der Waals surface area contributed by atoms with Gasteiger partial charge >= 0.3 is 0 Å². The van der Waals surface area contributed by atoms with E-state index >= 15 is 0 Å². The van der Waals surface area contributed by atoms with Gasteiger partial charge in [0.2, 0.25) is 0 Å². The number of anilines is 1. The van der Waals surface area contributed by atoms with E-state index in [1.54, 1.807) is 13.0 Å². The molecule has 0 radical (unpaired) electrons. The fraction of sp³-hybridized carbons (Fsp3) is 0.455. The molecule has 1 atom stereocenters. The molecule has 1 N–H and O–H groups in total. The zero-order valence-electron chi connectivity index (χ0n) is 10.2. The van der Waals surface area contributed by atoms with Crippen molar-refractivity contribution in [2.24, 2.45) is 0 Å². The monoisotopic (exact) mass is 334 g/mol. The summed E-state index contributed by atoms with van der Waals surface area (Å²) in [5.41, 5.74) is 1.47. The van der Waals surface area contributed by atoms with Crippen LogP contribution in [0.25, 0.3) is 0 Å². The SMILES string of the molecule is CCS(=O)CCNc1cc(C)c([N+](=O)[O-])cc1Br. The van der Waals surface area contributed by atoms with Crippen LogP contribution in [0.2, 0.25) is 0 Å². The van der Waals surface area contributed by atoms with Crippen LogP contribution in [0.15, 0.2) is 16.6 Å². The molecule has 100 valence electrons. The Labute approximate surface area is 117 Å². The third kappa shape index (κ3) is 4.06. The van der Waals surface area contributed by atoms with Crippen LogP contribution < -0.4 is 5.32 Å². The zero-order chi connectivity index (χ0) is 13.7. The molecule has 0 aromatic heterocycles. The first kappa shape index (κ1) is 15.1. The van der Waals surface area contributed by atoms with E-state index in [9.17, 15) is 14.3 Å². The summed E-state index contributed by atoms with van der Waals surface area (Å²) in [5.74, 6) is 1.21. The number of benzene rings is 1. The minimum absolute atomic E-state index is 0.0876. The summed E-state index contributed by atoms with van der Waals surface area (Å²) in [6.07, 6.45) is 0. The quantitative estimate of drug-likeness (QED) is 0.641. The predicted octanol–water partition coefficient (Wildman–Crippen LogP) is 2.85. The molecule has 0 fully saturated rings. The third-order valence-corrected chi connectivity index (χ3v) is 4.41. The van der Waals surface area contributed by atoms with Crippen LogP contribution in [-0.2, 0) is 10.8 Å². The Bertz CT molecular complexity index is 480. The molecule has 0 aliphatic carbocycles. The Morgan fingerprint density at radius 3 is 2.72 bits per heavy atom. The number of nitrogens with one attached hydrogen (secondary N) is 1. The van der Waals surface area contributed by atoms with Crippen LogP contribution >= 0.6 is 15.9 Å². The van der Waals surface area contributed by atoms with Gasteiger partial charge in [-0.25, -0.2) is 0 Å². The lowest BCUT2D eigenvalue weighted by Crippen LogP contribution is -2.12. The van der Waals surface area contributed by atoms with Gasteiger partial charge in [-0.3, -0.25) is 14.3 Å². The Morgan fingerprint density at radius 2 is 2.17 bits per heavy atom. The molecule has 0 saturated heterocycles. The van der Waals surface area contributed by atoms with Crippen LogP contribution in [0.3, 0.4) is 0 Å². The normalized spacial score (nSPS) is 12.2. The average molecular weight is 335 g/mol. The largest absolute Gasteiger partial charge is 0.383 e. The first-order chi connectivity index (χ1) is 8.45. The van der Waals surface area contributed by atoms with Gasteiger partial charge in [-0.15, -0.1) is 0 Å². The summed E-state index contributed by atoms with van der Waals surface area (Å²) in [6, 6.07) is 3.20. The maximum Gasteiger partial charge on any atom is 0.273 e. The maximum atomic E-state index is 11.3. The van der Waals surface area contributed by atoms with Gasteiger partial charge in [0.1, 0.15) is 0 Å². The molecule has 0 spiro atoms. The van der Waals surface area contributed by atoms with E-state index in [1.165, 1.54) is 6.07 Å². The summed E-state index contributed by atoms with van der Waals surface area (Å²) < 4.78 is 11.9. The second kappa shape index (κ2) is 6.84. The lowest BCUT2D eigenvalue weighted by Gasteiger charge is -2.09. The van der Waals surface area contributed by atoms with Gasteiger partial charge in [-0.05, 0) is 28.9 Å². The van der Waals surface area contributed by atoms with E-state index < -0.39 is 15.7 Å². The van der Waals surface area contributed by atoms with Crippen LogP contribution in [0.5, 0.6) is 0 Å². The smallest absolute Gasteiger partial charge is 0.273 e. The van der Waals surface area contributed by atoms with Crippen molar-refractivity contribution in [3.63, 3.8) is 0 Å². The summed E-state index contributed by atoms with van der Waals surface area (Å²) in [6.45, 7) is 4.15. The Morgan fingerprint density at radius 1 is 1.50 bits per heavy atom. The summed E-state index contributed by atoms with van der Waals surface area (Å²) in [7, 11) is -0.810. The van der Waals surface area contributed by atoms with Crippen LogP contribution in [-0.4, -0.2) is 27.2 Å². The van der Waals surface area contributed by atoms with E-state index in [2.05, 4.69) is 21.2 Å². The minimum Gasteiger partial charge on any atom is -0.383 e. The number of nitro groups is 1. The zero-order valence-corrected chi connectivity index (χ0v) is 12.6. The Hall–Kier alpha value is -0.950. The lowest BCUT2D eigenvalue weighted by atomic mass is 10.2. The first-order valence-corrected chi connectivity index (χ1v) is 7.77. The molecular formula is C11H15BrN2O3S. The topological polar surface area (TPSA) is 72.2 Å². The average Bonchev–Trinajstić information content (AvgIpc) is 2.32. The lowest BCUT2D eigenvalue weighted by molar-refractivity contribution is -0.385. The fourth-order valence-corrected chi connectivity index (χ4v) is 2.54. The van der Waals surface area contributed by atoms with Crippen molar-refractivity contribution in [3.8, 4) is 0 Å². The highest BCUT2D eigenvalue weighted by molar-refractivity contribution is 9.10. The molecule has 0 amide bonds. The molecule has 0 aliphatic heterocycles. The Balaban J connectivity index is 2.76. The number of hydrogen-bond donors (Lipinski definition) is 1. The van der Waals surface area contributed by atoms with Gasteiger partial charge in [0.25, 0.3) is 5.69 Å². The summed E-state index contributed by atoms with van der Waals surface area (Å²) in [5, 5.41) is 13.9. The van der Waals surface area contributed by atoms with Gasteiger partial charge < -0.3 is 5.32 Å². The molecule has 0 aliphatic rings. The molecule has 1 aromatic rings. The van der Waals surface area contributed by atoms with Crippen LogP contribution in [0.4, 0.5) is 11.4 Å². The van der Waals surface area contributed by atoms with Crippen molar-refractivity contribution in [3.05, 3.63) is 32.3 Å². The minimum atomic E-state index is -0.810. The van der Waals surface area contributed by atoms with E-state index in [4.69, 9.17) is 0 Å². The van der Waals surface area contributed by atoms with E-state index in [-0.39, 0.29) is 5.69 Å². The van der Waals surface area contributed by atoms with Gasteiger partial charge in [0.05, 0.1) is 4.92 Å². The number of nitro benzene ring substituents is 1. The number of hydrogen-bond acceptors (Lipinski definition) is 4. The highest BCUT2D eigenvalue weighted by Gasteiger charge is 2.13. The molecule has 7 heteroatoms. The maximum absolute atomic E-state index is 11.3. The van der Waals surface area contributed by atoms with Crippen molar-refractivity contribution in [2.45, 2.75) is 13.8 Å². The van der Waals surface area contributed by atoms with Gasteiger partial charge in [-0.2, -0.15) is 0 Å². The van der Waals surface area contributed by atoms with Crippen molar-refractivity contribution in [1.29, 1.82) is 0 Å². The summed E-state index contributed by atoms with van der Waals surface area (Å²) >= 11 is 3.29. The molecule has 1 rings (SSSR count). The molecule has 18 heavy (non-hydrogen) atoms. The van der Waals surface area contributed by atoms with E-state index in [0.29, 0.717) is 28.1 Å². The second-order valence-electron chi connectivity index (χ2n) is 3.74. The van der Waals surface area contributed by atoms with Crippen molar-refractivity contribution >= 4 is 38.1 Å². The highest BCUT2D eigenvalue weighted by Crippen LogP contribution is 2.30. The summed E-state index contributed by atoms with van der Waals surface area (Å²) in [4.78, 5) is 10.3. The van der Waals surface area contributed by atoms with E-state index in [1.807, 2.05) is 6.92 Å². The first-order valence-electron chi connectivity index (χ1n) is 5.49. The molecule has 0 heterocycles. The highest BCUT2D eigenvalue weighted by atomic mass is 79.9.